The summed E-state index contributed by atoms with van der Waals surface area (Å²) in [5, 5.41) is 3.46. The Bertz CT molecular complexity index is 365. The van der Waals surface area contributed by atoms with E-state index in [9.17, 15) is 4.39 Å². The topological polar surface area (TPSA) is 12.0 Å². The minimum absolute atomic E-state index is 0.210. The van der Waals surface area contributed by atoms with Gasteiger partial charge in [-0.1, -0.05) is 37.6 Å². The number of nitrogens with one attached hydrogen (secondary N) is 1. The average molecular weight is 258 g/mol. The summed E-state index contributed by atoms with van der Waals surface area (Å²) in [5.41, 5.74) is 0.707. The number of halogens is 2. The summed E-state index contributed by atoms with van der Waals surface area (Å²) >= 11 is 5.80. The second kappa shape index (κ2) is 6.36. The zero-order valence-corrected chi connectivity index (χ0v) is 11.7. The molecular weight excluding hydrogens is 237 g/mol. The van der Waals surface area contributed by atoms with Crippen LogP contribution in [0.3, 0.4) is 0 Å². The molecule has 0 amide bonds. The number of hydrogen-bond donors (Lipinski definition) is 1. The van der Waals surface area contributed by atoms with Crippen molar-refractivity contribution >= 4 is 11.6 Å². The van der Waals surface area contributed by atoms with Crippen LogP contribution in [0.4, 0.5) is 4.39 Å². The standard InChI is InChI=1S/C14H21ClFN/c1-9(2)12(10(3)17-4)8-11-6-5-7-13(15)14(11)16/h5-7,9-10,12,17H,8H2,1-4H3. The van der Waals surface area contributed by atoms with Crippen molar-refractivity contribution in [2.45, 2.75) is 33.2 Å². The van der Waals surface area contributed by atoms with Crippen LogP contribution in [0.2, 0.25) is 5.02 Å². The molecule has 1 aromatic carbocycles. The van der Waals surface area contributed by atoms with E-state index in [2.05, 4.69) is 26.1 Å². The quantitative estimate of drug-likeness (QED) is 0.844. The van der Waals surface area contributed by atoms with Crippen LogP contribution in [0.5, 0.6) is 0 Å². The maximum Gasteiger partial charge on any atom is 0.144 e. The number of rotatable bonds is 5. The largest absolute Gasteiger partial charge is 0.317 e. The van der Waals surface area contributed by atoms with Gasteiger partial charge >= 0.3 is 0 Å². The van der Waals surface area contributed by atoms with Gasteiger partial charge in [-0.15, -0.1) is 0 Å². The van der Waals surface area contributed by atoms with Crippen LogP contribution in [0.25, 0.3) is 0 Å². The smallest absolute Gasteiger partial charge is 0.144 e. The molecule has 0 aromatic heterocycles. The maximum absolute atomic E-state index is 13.8. The van der Waals surface area contributed by atoms with Gasteiger partial charge in [-0.25, -0.2) is 4.39 Å². The van der Waals surface area contributed by atoms with Crippen LogP contribution in [0.15, 0.2) is 18.2 Å². The van der Waals surface area contributed by atoms with Crippen LogP contribution in [0.1, 0.15) is 26.3 Å². The lowest BCUT2D eigenvalue weighted by molar-refractivity contribution is 0.297. The molecule has 0 bridgehead atoms. The fourth-order valence-electron chi connectivity index (χ4n) is 2.16. The Kier molecular flexibility index (Phi) is 5.41. The third kappa shape index (κ3) is 3.68. The molecule has 0 saturated heterocycles. The fourth-order valence-corrected chi connectivity index (χ4v) is 2.36. The highest BCUT2D eigenvalue weighted by Gasteiger charge is 2.21. The molecule has 0 spiro atoms. The third-order valence-corrected chi connectivity index (χ3v) is 3.73. The summed E-state index contributed by atoms with van der Waals surface area (Å²) in [6, 6.07) is 5.57. The van der Waals surface area contributed by atoms with Crippen molar-refractivity contribution in [3.8, 4) is 0 Å². The van der Waals surface area contributed by atoms with E-state index < -0.39 is 0 Å². The van der Waals surface area contributed by atoms with Crippen molar-refractivity contribution in [2.75, 3.05) is 7.05 Å². The van der Waals surface area contributed by atoms with Gasteiger partial charge in [-0.2, -0.15) is 0 Å². The van der Waals surface area contributed by atoms with Gasteiger partial charge in [0.2, 0.25) is 0 Å². The lowest BCUT2D eigenvalue weighted by Gasteiger charge is -2.27. The van der Waals surface area contributed by atoms with Gasteiger partial charge < -0.3 is 5.32 Å². The van der Waals surface area contributed by atoms with Crippen LogP contribution in [0, 0.1) is 17.7 Å². The fraction of sp³-hybridized carbons (Fsp3) is 0.571. The monoisotopic (exact) mass is 257 g/mol. The zero-order chi connectivity index (χ0) is 13.0. The second-order valence-electron chi connectivity index (χ2n) is 4.90. The van der Waals surface area contributed by atoms with Crippen molar-refractivity contribution in [3.63, 3.8) is 0 Å². The summed E-state index contributed by atoms with van der Waals surface area (Å²) in [7, 11) is 1.94. The Balaban J connectivity index is 2.90. The van der Waals surface area contributed by atoms with E-state index in [1.807, 2.05) is 19.2 Å². The van der Waals surface area contributed by atoms with E-state index in [0.717, 1.165) is 0 Å². The Morgan fingerprint density at radius 3 is 2.47 bits per heavy atom. The van der Waals surface area contributed by atoms with Gasteiger partial charge in [0.15, 0.2) is 0 Å². The van der Waals surface area contributed by atoms with Gasteiger partial charge in [-0.05, 0) is 43.9 Å². The summed E-state index contributed by atoms with van der Waals surface area (Å²) < 4.78 is 13.8. The molecule has 3 heteroatoms. The van der Waals surface area contributed by atoms with Crippen molar-refractivity contribution in [1.29, 1.82) is 0 Å². The first-order valence-electron chi connectivity index (χ1n) is 6.07. The summed E-state index contributed by atoms with van der Waals surface area (Å²) in [4.78, 5) is 0. The molecule has 2 unspecified atom stereocenters. The molecular formula is C14H21ClFN. The first kappa shape index (κ1) is 14.5. The molecule has 0 aliphatic rings. The molecule has 1 aromatic rings. The number of hydrogen-bond acceptors (Lipinski definition) is 1. The van der Waals surface area contributed by atoms with Gasteiger partial charge in [0.05, 0.1) is 5.02 Å². The van der Waals surface area contributed by atoms with E-state index >= 15 is 0 Å². The van der Waals surface area contributed by atoms with Crippen molar-refractivity contribution in [2.24, 2.45) is 11.8 Å². The zero-order valence-electron chi connectivity index (χ0n) is 10.9. The highest BCUT2D eigenvalue weighted by Crippen LogP contribution is 2.25. The van der Waals surface area contributed by atoms with Crippen LogP contribution >= 0.6 is 11.6 Å². The number of benzene rings is 1. The van der Waals surface area contributed by atoms with E-state index in [4.69, 9.17) is 11.6 Å². The molecule has 96 valence electrons. The van der Waals surface area contributed by atoms with Gasteiger partial charge in [0.25, 0.3) is 0 Å². The molecule has 2 atom stereocenters. The van der Waals surface area contributed by atoms with E-state index in [-0.39, 0.29) is 10.8 Å². The minimum Gasteiger partial charge on any atom is -0.317 e. The molecule has 0 saturated carbocycles. The average Bonchev–Trinajstić information content (AvgIpc) is 2.29. The molecule has 0 aliphatic carbocycles. The van der Waals surface area contributed by atoms with Crippen molar-refractivity contribution in [3.05, 3.63) is 34.6 Å². The predicted molar refractivity (Wildman–Crippen MR) is 72.0 cm³/mol. The molecule has 0 heterocycles. The van der Waals surface area contributed by atoms with Gasteiger partial charge in [-0.3, -0.25) is 0 Å². The normalized spacial score (nSPS) is 15.0. The lowest BCUT2D eigenvalue weighted by atomic mass is 9.84. The van der Waals surface area contributed by atoms with E-state index in [1.165, 1.54) is 0 Å². The van der Waals surface area contributed by atoms with Gasteiger partial charge in [0.1, 0.15) is 5.82 Å². The molecule has 17 heavy (non-hydrogen) atoms. The van der Waals surface area contributed by atoms with Crippen LogP contribution in [-0.2, 0) is 6.42 Å². The van der Waals surface area contributed by atoms with Crippen molar-refractivity contribution in [1.82, 2.24) is 5.32 Å². The Hall–Kier alpha value is -0.600. The molecule has 0 aliphatic heterocycles. The predicted octanol–water partition coefficient (Wildman–Crippen LogP) is 3.90. The Morgan fingerprint density at radius 2 is 1.94 bits per heavy atom. The molecule has 0 fully saturated rings. The molecule has 0 radical (unpaired) electrons. The van der Waals surface area contributed by atoms with Crippen molar-refractivity contribution < 1.29 is 4.39 Å². The minimum atomic E-state index is -0.275. The maximum atomic E-state index is 13.8. The van der Waals surface area contributed by atoms with Crippen LogP contribution < -0.4 is 5.32 Å². The summed E-state index contributed by atoms with van der Waals surface area (Å²) in [5.74, 6) is 0.618. The molecule has 1 nitrogen and oxygen atoms in total. The third-order valence-electron chi connectivity index (χ3n) is 3.44. The summed E-state index contributed by atoms with van der Waals surface area (Å²) in [6.07, 6.45) is 0.714. The van der Waals surface area contributed by atoms with E-state index in [0.29, 0.717) is 29.9 Å². The second-order valence-corrected chi connectivity index (χ2v) is 5.31. The first-order valence-corrected chi connectivity index (χ1v) is 6.45. The molecule has 1 rings (SSSR count). The van der Waals surface area contributed by atoms with Gasteiger partial charge in [0, 0.05) is 6.04 Å². The van der Waals surface area contributed by atoms with E-state index in [1.54, 1.807) is 6.07 Å². The lowest BCUT2D eigenvalue weighted by Crippen LogP contribution is -2.35. The highest BCUT2D eigenvalue weighted by atomic mass is 35.5. The highest BCUT2D eigenvalue weighted by molar-refractivity contribution is 6.30. The Labute approximate surface area is 108 Å². The Morgan fingerprint density at radius 1 is 1.29 bits per heavy atom. The first-order chi connectivity index (χ1) is 7.97. The summed E-state index contributed by atoms with van der Waals surface area (Å²) in [6.45, 7) is 6.47. The SMILES string of the molecule is CNC(C)C(Cc1cccc(Cl)c1F)C(C)C. The molecule has 1 N–H and O–H groups in total. The van der Waals surface area contributed by atoms with Crippen LogP contribution in [-0.4, -0.2) is 13.1 Å².